The number of aliphatic hydroxyl groups is 4. The second kappa shape index (κ2) is 17.3. The number of ether oxygens (including phenoxy) is 2. The Labute approximate surface area is 186 Å². The molecule has 1 aliphatic rings. The van der Waals surface area contributed by atoms with Crippen molar-refractivity contribution in [1.82, 2.24) is 0 Å². The standard InChI is InChI=1S/C24H42O7/c1-2-3-4-5-6-7-8-9-10-11-12-13-14-15-16-17-20(26)31-24-23(29)22(28)21(27)19(18-25)30-24/h6-7,9-10,19,21-25,27-29H,2-5,8,11-18H2,1H3/b7-6-,10-9-/t19-,21-,22+,23+,24?/m1/s1. The zero-order valence-corrected chi connectivity index (χ0v) is 18.9. The molecule has 1 fully saturated rings. The summed E-state index contributed by atoms with van der Waals surface area (Å²) in [6, 6.07) is 0. The molecule has 1 saturated heterocycles. The van der Waals surface area contributed by atoms with E-state index in [1.165, 1.54) is 25.7 Å². The molecule has 0 spiro atoms. The summed E-state index contributed by atoms with van der Waals surface area (Å²) in [5, 5.41) is 38.4. The van der Waals surface area contributed by atoms with E-state index in [0.29, 0.717) is 6.42 Å². The lowest BCUT2D eigenvalue weighted by atomic mass is 9.99. The maximum absolute atomic E-state index is 11.9. The third kappa shape index (κ3) is 11.8. The van der Waals surface area contributed by atoms with E-state index in [1.807, 2.05) is 0 Å². The van der Waals surface area contributed by atoms with Crippen LogP contribution in [-0.4, -0.2) is 63.7 Å². The monoisotopic (exact) mass is 442 g/mol. The highest BCUT2D eigenvalue weighted by molar-refractivity contribution is 5.69. The molecule has 1 rings (SSSR count). The molecule has 0 bridgehead atoms. The first-order valence-electron chi connectivity index (χ1n) is 11.8. The molecule has 0 aromatic carbocycles. The topological polar surface area (TPSA) is 116 Å². The number of carbonyl (C=O) groups excluding carboxylic acids is 1. The third-order valence-corrected chi connectivity index (χ3v) is 5.43. The fourth-order valence-electron chi connectivity index (χ4n) is 3.43. The van der Waals surface area contributed by atoms with Crippen LogP contribution in [0.3, 0.4) is 0 Å². The number of rotatable bonds is 16. The SMILES string of the molecule is CCCCC/C=C\C/C=C\CCCCCCCC(=O)OC1O[C@H](CO)[C@@H](O)[C@H](O)[C@@H]1O. The van der Waals surface area contributed by atoms with E-state index in [-0.39, 0.29) is 6.42 Å². The Kier molecular flexibility index (Phi) is 15.5. The average molecular weight is 443 g/mol. The van der Waals surface area contributed by atoms with Crippen molar-refractivity contribution in [1.29, 1.82) is 0 Å². The summed E-state index contributed by atoms with van der Waals surface area (Å²) in [6.45, 7) is 1.67. The molecule has 1 heterocycles. The minimum absolute atomic E-state index is 0.194. The fourth-order valence-corrected chi connectivity index (χ4v) is 3.43. The predicted octanol–water partition coefficient (Wildman–Crippen LogP) is 3.14. The van der Waals surface area contributed by atoms with Gasteiger partial charge in [-0.15, -0.1) is 0 Å². The highest BCUT2D eigenvalue weighted by Crippen LogP contribution is 2.22. The Morgan fingerprint density at radius 3 is 2.10 bits per heavy atom. The van der Waals surface area contributed by atoms with E-state index in [1.54, 1.807) is 0 Å². The summed E-state index contributed by atoms with van der Waals surface area (Å²) in [7, 11) is 0. The Morgan fingerprint density at radius 1 is 0.839 bits per heavy atom. The lowest BCUT2D eigenvalue weighted by Gasteiger charge is -2.39. The molecule has 1 unspecified atom stereocenters. The van der Waals surface area contributed by atoms with Gasteiger partial charge in [0.25, 0.3) is 0 Å². The summed E-state index contributed by atoms with van der Waals surface area (Å²) >= 11 is 0. The first-order valence-corrected chi connectivity index (χ1v) is 11.8. The first kappa shape index (κ1) is 27.8. The van der Waals surface area contributed by atoms with Gasteiger partial charge in [-0.3, -0.25) is 4.79 Å². The van der Waals surface area contributed by atoms with Gasteiger partial charge in [0.05, 0.1) is 6.61 Å². The van der Waals surface area contributed by atoms with E-state index in [0.717, 1.165) is 38.5 Å². The number of hydrogen-bond acceptors (Lipinski definition) is 7. The number of allylic oxidation sites excluding steroid dienone is 4. The van der Waals surface area contributed by atoms with E-state index in [2.05, 4.69) is 31.2 Å². The van der Waals surface area contributed by atoms with Crippen molar-refractivity contribution >= 4 is 5.97 Å². The van der Waals surface area contributed by atoms with Crippen LogP contribution in [0.5, 0.6) is 0 Å². The Hall–Kier alpha value is -1.25. The van der Waals surface area contributed by atoms with Gasteiger partial charge in [0.2, 0.25) is 6.29 Å². The molecule has 1 aliphatic heterocycles. The maximum atomic E-state index is 11.9. The molecule has 0 saturated carbocycles. The fraction of sp³-hybridized carbons (Fsp3) is 0.792. The highest BCUT2D eigenvalue weighted by Gasteiger charge is 2.45. The van der Waals surface area contributed by atoms with Gasteiger partial charge >= 0.3 is 5.97 Å². The second-order valence-electron chi connectivity index (χ2n) is 8.17. The second-order valence-corrected chi connectivity index (χ2v) is 8.17. The van der Waals surface area contributed by atoms with Crippen molar-refractivity contribution < 1.29 is 34.7 Å². The number of hydrogen-bond donors (Lipinski definition) is 4. The van der Waals surface area contributed by atoms with Gasteiger partial charge in [0, 0.05) is 6.42 Å². The number of unbranched alkanes of at least 4 members (excludes halogenated alkanes) is 8. The zero-order chi connectivity index (χ0) is 22.9. The van der Waals surface area contributed by atoms with Gasteiger partial charge < -0.3 is 29.9 Å². The van der Waals surface area contributed by atoms with Gasteiger partial charge in [-0.1, -0.05) is 63.3 Å². The van der Waals surface area contributed by atoms with Crippen molar-refractivity contribution in [3.8, 4) is 0 Å². The van der Waals surface area contributed by atoms with Crippen molar-refractivity contribution in [3.63, 3.8) is 0 Å². The lowest BCUT2D eigenvalue weighted by Crippen LogP contribution is -2.59. The van der Waals surface area contributed by atoms with Crippen LogP contribution in [-0.2, 0) is 14.3 Å². The minimum Gasteiger partial charge on any atom is -0.433 e. The molecule has 31 heavy (non-hydrogen) atoms. The van der Waals surface area contributed by atoms with Crippen molar-refractivity contribution in [2.24, 2.45) is 0 Å². The molecule has 0 aromatic rings. The van der Waals surface area contributed by atoms with Gasteiger partial charge in [0.1, 0.15) is 24.4 Å². The summed E-state index contributed by atoms with van der Waals surface area (Å²) in [6.07, 6.45) is 14.1. The molecular weight excluding hydrogens is 400 g/mol. The van der Waals surface area contributed by atoms with Gasteiger partial charge in [-0.05, 0) is 38.5 Å². The minimum atomic E-state index is -1.55. The van der Waals surface area contributed by atoms with E-state index >= 15 is 0 Å². The number of esters is 1. The number of aliphatic hydroxyl groups excluding tert-OH is 4. The summed E-state index contributed by atoms with van der Waals surface area (Å²) in [4.78, 5) is 11.9. The summed E-state index contributed by atoms with van der Waals surface area (Å²) < 4.78 is 10.2. The molecule has 7 nitrogen and oxygen atoms in total. The van der Waals surface area contributed by atoms with Crippen LogP contribution in [0.15, 0.2) is 24.3 Å². The number of carbonyl (C=O) groups is 1. The highest BCUT2D eigenvalue weighted by atomic mass is 16.7. The molecule has 0 aliphatic carbocycles. The van der Waals surface area contributed by atoms with Crippen LogP contribution in [0.1, 0.15) is 84.0 Å². The van der Waals surface area contributed by atoms with Crippen molar-refractivity contribution in [3.05, 3.63) is 24.3 Å². The molecule has 0 aromatic heterocycles. The first-order chi connectivity index (χ1) is 15.0. The van der Waals surface area contributed by atoms with E-state index in [4.69, 9.17) is 14.6 Å². The molecule has 5 atom stereocenters. The van der Waals surface area contributed by atoms with Gasteiger partial charge in [-0.25, -0.2) is 0 Å². The van der Waals surface area contributed by atoms with Crippen LogP contribution in [0.2, 0.25) is 0 Å². The van der Waals surface area contributed by atoms with Gasteiger partial charge in [-0.2, -0.15) is 0 Å². The lowest BCUT2D eigenvalue weighted by molar-refractivity contribution is -0.292. The van der Waals surface area contributed by atoms with Crippen molar-refractivity contribution in [2.75, 3.05) is 6.61 Å². The van der Waals surface area contributed by atoms with Gasteiger partial charge in [0.15, 0.2) is 0 Å². The third-order valence-electron chi connectivity index (χ3n) is 5.43. The van der Waals surface area contributed by atoms with Crippen molar-refractivity contribution in [2.45, 2.75) is 115 Å². The van der Waals surface area contributed by atoms with Crippen LogP contribution >= 0.6 is 0 Å². The van der Waals surface area contributed by atoms with E-state index in [9.17, 15) is 20.1 Å². The zero-order valence-electron chi connectivity index (χ0n) is 18.9. The Morgan fingerprint density at radius 2 is 1.45 bits per heavy atom. The quantitative estimate of drug-likeness (QED) is 0.165. The van der Waals surface area contributed by atoms with Crippen LogP contribution in [0.4, 0.5) is 0 Å². The molecule has 0 amide bonds. The summed E-state index contributed by atoms with van der Waals surface area (Å²) in [5.74, 6) is -0.532. The smallest absolute Gasteiger partial charge is 0.308 e. The van der Waals surface area contributed by atoms with Crippen LogP contribution in [0.25, 0.3) is 0 Å². The molecule has 4 N–H and O–H groups in total. The summed E-state index contributed by atoms with van der Waals surface area (Å²) in [5.41, 5.74) is 0. The molecule has 7 heteroatoms. The van der Waals surface area contributed by atoms with E-state index < -0.39 is 43.3 Å². The largest absolute Gasteiger partial charge is 0.433 e. The molecular formula is C24H42O7. The Bertz CT molecular complexity index is 518. The maximum Gasteiger partial charge on any atom is 0.308 e. The predicted molar refractivity (Wildman–Crippen MR) is 119 cm³/mol. The van der Waals surface area contributed by atoms with Crippen LogP contribution in [0, 0.1) is 0 Å². The molecule has 0 radical (unpaired) electrons. The average Bonchev–Trinajstić information content (AvgIpc) is 2.76. The normalized spacial score (nSPS) is 26.7. The Balaban J connectivity index is 2.03. The molecule has 180 valence electrons. The van der Waals surface area contributed by atoms with Crippen LogP contribution < -0.4 is 0 Å².